The van der Waals surface area contributed by atoms with Gasteiger partial charge >= 0.3 is 0 Å². The molecule has 4 rings (SSSR count). The summed E-state index contributed by atoms with van der Waals surface area (Å²) < 4.78 is 16.1. The normalized spacial score (nSPS) is 12.7. The molecule has 0 bridgehead atoms. The summed E-state index contributed by atoms with van der Waals surface area (Å²) in [6.07, 6.45) is 6.43. The topological polar surface area (TPSA) is 113 Å². The van der Waals surface area contributed by atoms with E-state index >= 15 is 0 Å². The third kappa shape index (κ3) is 4.90. The van der Waals surface area contributed by atoms with Crippen molar-refractivity contribution in [3.8, 4) is 28.8 Å². The zero-order valence-electron chi connectivity index (χ0n) is 19.0. The van der Waals surface area contributed by atoms with E-state index in [0.717, 1.165) is 11.3 Å². The molecule has 0 aromatic carbocycles. The molecular formula is C22H23ClN8O2S. The molecule has 0 radical (unpaired) electrons. The van der Waals surface area contributed by atoms with E-state index in [4.69, 9.17) is 21.1 Å². The number of nitrogens with one attached hydrogen (secondary N) is 1. The van der Waals surface area contributed by atoms with Crippen LogP contribution in [0.4, 0.5) is 5.95 Å². The molecule has 4 aromatic heterocycles. The molecular weight excluding hydrogens is 476 g/mol. The highest BCUT2D eigenvalue weighted by atomic mass is 35.5. The first kappa shape index (κ1) is 23.7. The number of anilines is 1. The Hall–Kier alpha value is -3.44. The highest BCUT2D eigenvalue weighted by Crippen LogP contribution is 2.36. The minimum atomic E-state index is 0.136. The van der Waals surface area contributed by atoms with Crippen LogP contribution < -0.4 is 14.2 Å². The fourth-order valence-corrected chi connectivity index (χ4v) is 4.11. The van der Waals surface area contributed by atoms with Gasteiger partial charge in [-0.3, -0.25) is 19.3 Å². The van der Waals surface area contributed by atoms with Gasteiger partial charge in [0.05, 0.1) is 19.2 Å². The Morgan fingerprint density at radius 1 is 1.00 bits per heavy atom. The Balaban J connectivity index is 1.70. The lowest BCUT2D eigenvalue weighted by Crippen LogP contribution is -2.14. The molecule has 0 aliphatic rings. The summed E-state index contributed by atoms with van der Waals surface area (Å²) in [7, 11) is 3.06. The average Bonchev–Trinajstić information content (AvgIpc) is 3.30. The van der Waals surface area contributed by atoms with Gasteiger partial charge in [-0.05, 0) is 36.2 Å². The number of methoxy groups -OCH3 is 2. The SMILES string of the molecule is COc1ncnc(OC)c1-n1c(NSC(C)C(C)c2ccc(Cl)cn2)nnc1-c1cccnc1. The van der Waals surface area contributed by atoms with E-state index in [1.165, 1.54) is 32.5 Å². The summed E-state index contributed by atoms with van der Waals surface area (Å²) in [5, 5.41) is 9.54. The Morgan fingerprint density at radius 3 is 2.38 bits per heavy atom. The average molecular weight is 499 g/mol. The molecule has 0 fully saturated rings. The van der Waals surface area contributed by atoms with E-state index in [2.05, 4.69) is 48.7 Å². The second-order valence-electron chi connectivity index (χ2n) is 7.28. The third-order valence-corrected chi connectivity index (χ3v) is 6.51. The molecule has 12 heteroatoms. The van der Waals surface area contributed by atoms with Crippen LogP contribution in [0.3, 0.4) is 0 Å². The molecule has 0 spiro atoms. The van der Waals surface area contributed by atoms with Crippen molar-refractivity contribution in [2.75, 3.05) is 18.9 Å². The van der Waals surface area contributed by atoms with Gasteiger partial charge in [0.25, 0.3) is 0 Å². The molecule has 0 aliphatic carbocycles. The number of ether oxygens (including phenoxy) is 2. The highest BCUT2D eigenvalue weighted by Gasteiger charge is 2.25. The number of rotatable bonds is 9. The molecule has 0 saturated heterocycles. The van der Waals surface area contributed by atoms with Crippen molar-refractivity contribution in [3.63, 3.8) is 0 Å². The highest BCUT2D eigenvalue weighted by molar-refractivity contribution is 8.01. The van der Waals surface area contributed by atoms with Gasteiger partial charge in [-0.25, -0.2) is 0 Å². The minimum Gasteiger partial charge on any atom is -0.479 e. The van der Waals surface area contributed by atoms with Gasteiger partial charge < -0.3 is 9.47 Å². The first-order chi connectivity index (χ1) is 16.5. The van der Waals surface area contributed by atoms with Crippen molar-refractivity contribution >= 4 is 29.5 Å². The van der Waals surface area contributed by atoms with Crippen molar-refractivity contribution in [3.05, 3.63) is 59.9 Å². The van der Waals surface area contributed by atoms with Crippen molar-refractivity contribution in [2.45, 2.75) is 25.0 Å². The first-order valence-electron chi connectivity index (χ1n) is 10.4. The number of hydrogen-bond donors (Lipinski definition) is 1. The van der Waals surface area contributed by atoms with Gasteiger partial charge in [-0.2, -0.15) is 9.97 Å². The molecule has 2 atom stereocenters. The maximum Gasteiger partial charge on any atom is 0.245 e. The van der Waals surface area contributed by atoms with Crippen LogP contribution >= 0.6 is 23.5 Å². The Morgan fingerprint density at radius 2 is 1.76 bits per heavy atom. The van der Waals surface area contributed by atoms with Crippen molar-refractivity contribution < 1.29 is 9.47 Å². The smallest absolute Gasteiger partial charge is 0.245 e. The Bertz CT molecular complexity index is 1220. The Kier molecular flexibility index (Phi) is 7.43. The van der Waals surface area contributed by atoms with E-state index in [1.54, 1.807) is 23.2 Å². The summed E-state index contributed by atoms with van der Waals surface area (Å²) in [6, 6.07) is 7.50. The first-order valence-corrected chi connectivity index (χ1v) is 11.6. The van der Waals surface area contributed by atoms with Gasteiger partial charge in [0, 0.05) is 41.0 Å². The predicted octanol–water partition coefficient (Wildman–Crippen LogP) is 4.44. The van der Waals surface area contributed by atoms with Crippen LogP contribution in [0.25, 0.3) is 17.1 Å². The summed E-state index contributed by atoms with van der Waals surface area (Å²) in [4.78, 5) is 17.2. The Labute approximate surface area is 206 Å². The number of nitrogens with zero attached hydrogens (tertiary/aromatic N) is 7. The van der Waals surface area contributed by atoms with Crippen LogP contribution in [0.2, 0.25) is 5.02 Å². The molecule has 0 amide bonds. The fraction of sp³-hybridized carbons (Fsp3) is 0.273. The van der Waals surface area contributed by atoms with Crippen LogP contribution in [-0.4, -0.2) is 54.2 Å². The van der Waals surface area contributed by atoms with E-state index in [0.29, 0.717) is 34.2 Å². The molecule has 1 N–H and O–H groups in total. The summed E-state index contributed by atoms with van der Waals surface area (Å²) in [6.45, 7) is 4.21. The van der Waals surface area contributed by atoms with Crippen LogP contribution in [0.15, 0.2) is 49.2 Å². The molecule has 2 unspecified atom stereocenters. The van der Waals surface area contributed by atoms with E-state index < -0.39 is 0 Å². The van der Waals surface area contributed by atoms with Crippen LogP contribution in [0.1, 0.15) is 25.5 Å². The second-order valence-corrected chi connectivity index (χ2v) is 8.90. The van der Waals surface area contributed by atoms with Crippen LogP contribution in [-0.2, 0) is 0 Å². The lowest BCUT2D eigenvalue weighted by atomic mass is 10.0. The molecule has 0 saturated carbocycles. The van der Waals surface area contributed by atoms with Crippen molar-refractivity contribution in [2.24, 2.45) is 0 Å². The number of halogens is 1. The molecule has 4 heterocycles. The maximum absolute atomic E-state index is 5.98. The summed E-state index contributed by atoms with van der Waals surface area (Å²) in [5.41, 5.74) is 2.18. The van der Waals surface area contributed by atoms with E-state index in [1.807, 2.05) is 24.3 Å². The number of aromatic nitrogens is 7. The third-order valence-electron chi connectivity index (χ3n) is 5.21. The fourth-order valence-electron chi connectivity index (χ4n) is 3.23. The van der Waals surface area contributed by atoms with Gasteiger partial charge in [-0.15, -0.1) is 10.2 Å². The molecule has 176 valence electrons. The van der Waals surface area contributed by atoms with Gasteiger partial charge in [0.15, 0.2) is 11.5 Å². The minimum absolute atomic E-state index is 0.136. The van der Waals surface area contributed by atoms with Crippen molar-refractivity contribution in [1.29, 1.82) is 0 Å². The van der Waals surface area contributed by atoms with E-state index in [9.17, 15) is 0 Å². The van der Waals surface area contributed by atoms with Gasteiger partial charge in [-0.1, -0.05) is 25.4 Å². The largest absolute Gasteiger partial charge is 0.479 e. The molecule has 0 aliphatic heterocycles. The van der Waals surface area contributed by atoms with E-state index in [-0.39, 0.29) is 11.2 Å². The summed E-state index contributed by atoms with van der Waals surface area (Å²) in [5.74, 6) is 1.77. The lowest BCUT2D eigenvalue weighted by molar-refractivity contribution is 0.368. The lowest BCUT2D eigenvalue weighted by Gasteiger charge is -2.20. The maximum atomic E-state index is 5.98. The van der Waals surface area contributed by atoms with Crippen LogP contribution in [0.5, 0.6) is 11.8 Å². The monoisotopic (exact) mass is 498 g/mol. The molecule has 4 aromatic rings. The second kappa shape index (κ2) is 10.7. The summed E-state index contributed by atoms with van der Waals surface area (Å²) >= 11 is 7.48. The number of pyridine rings is 2. The number of hydrogen-bond acceptors (Lipinski definition) is 10. The molecule has 10 nitrogen and oxygen atoms in total. The quantitative estimate of drug-likeness (QED) is 0.332. The van der Waals surface area contributed by atoms with Gasteiger partial charge in [0.1, 0.15) is 6.33 Å². The zero-order chi connectivity index (χ0) is 24.1. The van der Waals surface area contributed by atoms with Crippen LogP contribution in [0, 0.1) is 0 Å². The standard InChI is InChI=1S/C22H23ClN8O2S/c1-13(17-8-7-16(23)11-25-17)14(2)34-30-22-29-28-19(15-6-5-9-24-10-15)31(22)18-20(32-3)26-12-27-21(18)33-4/h5-14H,1-4H3,(H,29,30). The zero-order valence-corrected chi connectivity index (χ0v) is 20.6. The van der Waals surface area contributed by atoms with Crippen molar-refractivity contribution in [1.82, 2.24) is 34.7 Å². The van der Waals surface area contributed by atoms with Gasteiger partial charge in [0.2, 0.25) is 17.7 Å². The molecule has 34 heavy (non-hydrogen) atoms. The predicted molar refractivity (Wildman–Crippen MR) is 132 cm³/mol.